The maximum Gasteiger partial charge on any atom is 0.340 e. The van der Waals surface area contributed by atoms with E-state index in [0.29, 0.717) is 16.3 Å². The van der Waals surface area contributed by atoms with Crippen LogP contribution in [0.15, 0.2) is 47.4 Å². The zero-order chi connectivity index (χ0) is 21.6. The highest BCUT2D eigenvalue weighted by Gasteiger charge is 2.23. The quantitative estimate of drug-likeness (QED) is 0.664. The third kappa shape index (κ3) is 6.02. The minimum Gasteiger partial charge on any atom is -0.452 e. The molecule has 0 aliphatic carbocycles. The lowest BCUT2D eigenvalue weighted by Gasteiger charge is -2.22. The van der Waals surface area contributed by atoms with Gasteiger partial charge in [0.25, 0.3) is 5.91 Å². The summed E-state index contributed by atoms with van der Waals surface area (Å²) in [5.74, 6) is -1.60. The average Bonchev–Trinajstić information content (AvgIpc) is 2.65. The maximum absolute atomic E-state index is 12.6. The van der Waals surface area contributed by atoms with E-state index < -0.39 is 33.4 Å². The molecule has 0 unspecified atom stereocenters. The van der Waals surface area contributed by atoms with Crippen LogP contribution in [0.25, 0.3) is 0 Å². The van der Waals surface area contributed by atoms with Crippen molar-refractivity contribution < 1.29 is 22.7 Å². The summed E-state index contributed by atoms with van der Waals surface area (Å²) >= 11 is 5.95. The highest BCUT2D eigenvalue weighted by Crippen LogP contribution is 2.21. The molecule has 0 aliphatic rings. The summed E-state index contributed by atoms with van der Waals surface area (Å²) < 4.78 is 28.4. The van der Waals surface area contributed by atoms with E-state index in [1.54, 1.807) is 25.1 Å². The van der Waals surface area contributed by atoms with Crippen molar-refractivity contribution in [2.24, 2.45) is 5.14 Å². The molecule has 0 fully saturated rings. The lowest BCUT2D eigenvalue weighted by Crippen LogP contribution is -2.35. The Morgan fingerprint density at radius 3 is 2.59 bits per heavy atom. The fourth-order valence-corrected chi connectivity index (χ4v) is 3.43. The Kier molecular flexibility index (Phi) is 7.34. The summed E-state index contributed by atoms with van der Waals surface area (Å²) in [6.45, 7) is 1.08. The minimum atomic E-state index is -4.16. The summed E-state index contributed by atoms with van der Waals surface area (Å²) in [4.78, 5) is 25.9. The van der Waals surface area contributed by atoms with Crippen LogP contribution >= 0.6 is 11.6 Å². The van der Waals surface area contributed by atoms with Crippen molar-refractivity contribution in [3.63, 3.8) is 0 Å². The number of esters is 1. The van der Waals surface area contributed by atoms with E-state index in [9.17, 15) is 18.0 Å². The molecule has 2 aromatic carbocycles. The normalized spacial score (nSPS) is 10.8. The molecule has 0 saturated heterocycles. The molecule has 0 radical (unpaired) electrons. The van der Waals surface area contributed by atoms with Crippen molar-refractivity contribution >= 4 is 39.2 Å². The van der Waals surface area contributed by atoms with Gasteiger partial charge in [-0.2, -0.15) is 5.26 Å². The smallest absolute Gasteiger partial charge is 0.340 e. The first-order valence-electron chi connectivity index (χ1n) is 8.37. The van der Waals surface area contributed by atoms with E-state index >= 15 is 0 Å². The number of nitriles is 1. The number of sulfonamides is 1. The number of ether oxygens (including phenoxy) is 1. The first-order valence-corrected chi connectivity index (χ1v) is 10.3. The highest BCUT2D eigenvalue weighted by molar-refractivity contribution is 7.89. The number of nitrogens with zero attached hydrogens (tertiary/aromatic N) is 2. The third-order valence-electron chi connectivity index (χ3n) is 3.86. The van der Waals surface area contributed by atoms with E-state index in [0.717, 1.165) is 0 Å². The molecule has 2 N–H and O–H groups in total. The predicted octanol–water partition coefficient (Wildman–Crippen LogP) is 2.40. The Morgan fingerprint density at radius 1 is 1.24 bits per heavy atom. The van der Waals surface area contributed by atoms with Gasteiger partial charge in [0.1, 0.15) is 0 Å². The molecule has 1 amide bonds. The Hall–Kier alpha value is -2.93. The lowest BCUT2D eigenvalue weighted by atomic mass is 10.1. The van der Waals surface area contributed by atoms with Crippen molar-refractivity contribution in [2.75, 3.05) is 18.1 Å². The second kappa shape index (κ2) is 9.52. The third-order valence-corrected chi connectivity index (χ3v) is 5.06. The van der Waals surface area contributed by atoms with Crippen molar-refractivity contribution in [2.45, 2.75) is 18.2 Å². The molecule has 0 heterocycles. The first-order chi connectivity index (χ1) is 13.6. The molecule has 0 aromatic heterocycles. The largest absolute Gasteiger partial charge is 0.452 e. The molecule has 8 nitrogen and oxygen atoms in total. The van der Waals surface area contributed by atoms with Crippen LogP contribution in [0.5, 0.6) is 0 Å². The Morgan fingerprint density at radius 2 is 1.97 bits per heavy atom. The molecule has 0 bridgehead atoms. The number of primary sulfonamides is 1. The summed E-state index contributed by atoms with van der Waals surface area (Å²) in [5.41, 5.74) is 0.798. The van der Waals surface area contributed by atoms with Gasteiger partial charge in [-0.25, -0.2) is 18.4 Å². The number of rotatable bonds is 7. The van der Waals surface area contributed by atoms with Gasteiger partial charge in [-0.1, -0.05) is 29.3 Å². The molecule has 0 spiro atoms. The number of carbonyl (C=O) groups is 2. The molecule has 152 valence electrons. The van der Waals surface area contributed by atoms with Crippen molar-refractivity contribution in [3.8, 4) is 6.07 Å². The number of hydrogen-bond acceptors (Lipinski definition) is 6. The molecule has 0 saturated carbocycles. The van der Waals surface area contributed by atoms with Crippen LogP contribution in [0.1, 0.15) is 22.3 Å². The fraction of sp³-hybridized carbons (Fsp3) is 0.211. The van der Waals surface area contributed by atoms with Gasteiger partial charge < -0.3 is 9.64 Å². The van der Waals surface area contributed by atoms with E-state index in [-0.39, 0.29) is 18.5 Å². The van der Waals surface area contributed by atoms with Gasteiger partial charge in [0.2, 0.25) is 10.0 Å². The summed E-state index contributed by atoms with van der Waals surface area (Å²) in [6, 6.07) is 12.4. The highest BCUT2D eigenvalue weighted by atomic mass is 35.5. The van der Waals surface area contributed by atoms with Crippen LogP contribution in [0.4, 0.5) is 5.69 Å². The number of nitrogens with two attached hydrogens (primary N) is 1. The molecule has 0 atom stereocenters. The van der Waals surface area contributed by atoms with Crippen molar-refractivity contribution in [1.29, 1.82) is 5.26 Å². The molecular weight excluding hydrogens is 418 g/mol. The Balaban J connectivity index is 2.21. The number of benzene rings is 2. The van der Waals surface area contributed by atoms with Gasteiger partial charge in [-0.05, 0) is 37.3 Å². The number of halogens is 1. The van der Waals surface area contributed by atoms with Crippen molar-refractivity contribution in [1.82, 2.24) is 0 Å². The minimum absolute atomic E-state index is 0.0552. The van der Waals surface area contributed by atoms with Crippen LogP contribution in [0, 0.1) is 18.3 Å². The number of carbonyl (C=O) groups excluding carboxylic acids is 2. The van der Waals surface area contributed by atoms with E-state index in [1.807, 2.05) is 6.07 Å². The second-order valence-electron chi connectivity index (χ2n) is 6.05. The number of amides is 1. The van der Waals surface area contributed by atoms with Gasteiger partial charge in [0.15, 0.2) is 6.61 Å². The SMILES string of the molecule is Cc1ccc(S(N)(=O)=O)c(C(=O)OCC(=O)N(CCC#N)c2cccc(Cl)c2)c1. The van der Waals surface area contributed by atoms with Gasteiger partial charge in [-0.3, -0.25) is 4.79 Å². The van der Waals surface area contributed by atoms with Gasteiger partial charge >= 0.3 is 5.97 Å². The topological polar surface area (TPSA) is 131 Å². The zero-order valence-corrected chi connectivity index (χ0v) is 17.0. The first kappa shape index (κ1) is 22.4. The van der Waals surface area contributed by atoms with Crippen LogP contribution < -0.4 is 10.0 Å². The Labute approximate surface area is 173 Å². The molecule has 29 heavy (non-hydrogen) atoms. The van der Waals surface area contributed by atoms with Crippen LogP contribution in [-0.2, 0) is 19.6 Å². The Bertz CT molecular complexity index is 1080. The summed E-state index contributed by atoms with van der Waals surface area (Å²) in [6.07, 6.45) is 0.0552. The summed E-state index contributed by atoms with van der Waals surface area (Å²) in [7, 11) is -4.16. The fourth-order valence-electron chi connectivity index (χ4n) is 2.54. The molecule has 2 aromatic rings. The maximum atomic E-state index is 12.6. The van der Waals surface area contributed by atoms with Gasteiger partial charge in [-0.15, -0.1) is 0 Å². The second-order valence-corrected chi connectivity index (χ2v) is 8.02. The molecular formula is C19H18ClN3O5S. The lowest BCUT2D eigenvalue weighted by molar-refractivity contribution is -0.121. The monoisotopic (exact) mass is 435 g/mol. The molecule has 0 aliphatic heterocycles. The number of anilines is 1. The number of hydrogen-bond donors (Lipinski definition) is 1. The van der Waals surface area contributed by atoms with Gasteiger partial charge in [0.05, 0.1) is 22.9 Å². The van der Waals surface area contributed by atoms with Crippen LogP contribution in [-0.4, -0.2) is 33.4 Å². The van der Waals surface area contributed by atoms with Gasteiger partial charge in [0, 0.05) is 17.3 Å². The molecule has 10 heteroatoms. The van der Waals surface area contributed by atoms with Crippen LogP contribution in [0.2, 0.25) is 5.02 Å². The average molecular weight is 436 g/mol. The standard InChI is InChI=1S/C19H18ClN3O5S/c1-13-6-7-17(29(22,26)27)16(10-13)19(25)28-12-18(24)23(9-3-8-21)15-5-2-4-14(20)11-15/h2,4-7,10-11H,3,9,12H2,1H3,(H2,22,26,27). The van der Waals surface area contributed by atoms with E-state index in [1.165, 1.54) is 29.2 Å². The summed E-state index contributed by atoms with van der Waals surface area (Å²) in [5, 5.41) is 14.4. The van der Waals surface area contributed by atoms with E-state index in [4.69, 9.17) is 26.7 Å². The predicted molar refractivity (Wildman–Crippen MR) is 107 cm³/mol. The van der Waals surface area contributed by atoms with Crippen LogP contribution in [0.3, 0.4) is 0 Å². The number of aryl methyl sites for hydroxylation is 1. The molecule has 2 rings (SSSR count). The van der Waals surface area contributed by atoms with E-state index in [2.05, 4.69) is 0 Å². The zero-order valence-electron chi connectivity index (χ0n) is 15.5. The van der Waals surface area contributed by atoms with Crippen molar-refractivity contribution in [3.05, 3.63) is 58.6 Å².